The predicted molar refractivity (Wildman–Crippen MR) is 146 cm³/mol. The van der Waals surface area contributed by atoms with E-state index in [1.807, 2.05) is 0 Å². The molecule has 196 valence electrons. The molecule has 37 heavy (non-hydrogen) atoms. The van der Waals surface area contributed by atoms with Crippen LogP contribution in [0.2, 0.25) is 15.1 Å². The van der Waals surface area contributed by atoms with E-state index in [0.29, 0.717) is 17.9 Å². The Bertz CT molecular complexity index is 1380. The molecule has 1 aliphatic rings. The number of carbonyl (C=O) groups excluding carboxylic acids is 1. The summed E-state index contributed by atoms with van der Waals surface area (Å²) in [4.78, 5) is 19.0. The molecule has 2 N–H and O–H groups in total. The minimum Gasteiger partial charge on any atom is -0.437 e. The second kappa shape index (κ2) is 12.3. The zero-order valence-corrected chi connectivity index (χ0v) is 22.8. The molecule has 4 rings (SSSR count). The Morgan fingerprint density at radius 1 is 1.00 bits per heavy atom. The minimum absolute atomic E-state index is 0.00922. The van der Waals surface area contributed by atoms with Gasteiger partial charge in [0, 0.05) is 24.8 Å². The molecule has 1 aromatic heterocycles. The molecule has 12 heteroatoms. The van der Waals surface area contributed by atoms with Gasteiger partial charge in [-0.2, -0.15) is 0 Å². The second-order valence-electron chi connectivity index (χ2n) is 8.48. The Labute approximate surface area is 230 Å². The lowest BCUT2D eigenvalue weighted by Gasteiger charge is -2.26. The van der Waals surface area contributed by atoms with Crippen molar-refractivity contribution in [3.63, 3.8) is 0 Å². The molecule has 1 aliphatic heterocycles. The maximum Gasteiger partial charge on any atom is 0.262 e. The summed E-state index contributed by atoms with van der Waals surface area (Å²) in [6.07, 6.45) is 4.97. The van der Waals surface area contributed by atoms with Gasteiger partial charge in [0.2, 0.25) is 5.88 Å². The highest BCUT2D eigenvalue weighted by atomic mass is 35.5. The van der Waals surface area contributed by atoms with Crippen molar-refractivity contribution in [2.75, 3.05) is 30.9 Å². The van der Waals surface area contributed by atoms with Crippen LogP contribution in [0.5, 0.6) is 11.6 Å². The smallest absolute Gasteiger partial charge is 0.262 e. The van der Waals surface area contributed by atoms with Gasteiger partial charge in [0.05, 0.1) is 20.0 Å². The third-order valence-corrected chi connectivity index (χ3v) is 8.05. The number of hydrogen-bond acceptors (Lipinski definition) is 6. The lowest BCUT2D eigenvalue weighted by atomic mass is 10.1. The summed E-state index contributed by atoms with van der Waals surface area (Å²) in [5.41, 5.74) is 0.415. The largest absolute Gasteiger partial charge is 0.437 e. The first-order chi connectivity index (χ1) is 17.7. The molecule has 0 saturated carbocycles. The van der Waals surface area contributed by atoms with Gasteiger partial charge >= 0.3 is 0 Å². The Morgan fingerprint density at radius 2 is 1.78 bits per heavy atom. The average Bonchev–Trinajstić information content (AvgIpc) is 2.88. The molecule has 0 radical (unpaired) electrons. The van der Waals surface area contributed by atoms with Gasteiger partial charge in [-0.1, -0.05) is 47.3 Å². The van der Waals surface area contributed by atoms with Crippen LogP contribution in [-0.4, -0.2) is 50.4 Å². The molecule has 0 aliphatic carbocycles. The van der Waals surface area contributed by atoms with Crippen molar-refractivity contribution in [3.05, 3.63) is 75.4 Å². The Hall–Kier alpha value is -2.56. The quantitative estimate of drug-likeness (QED) is 0.328. The van der Waals surface area contributed by atoms with Crippen molar-refractivity contribution < 1.29 is 17.9 Å². The molecule has 2 heterocycles. The van der Waals surface area contributed by atoms with E-state index in [2.05, 4.69) is 19.9 Å². The van der Waals surface area contributed by atoms with Crippen LogP contribution in [-0.2, 0) is 10.0 Å². The normalized spacial score (nSPS) is 14.2. The van der Waals surface area contributed by atoms with Gasteiger partial charge in [0.15, 0.2) is 0 Å². The van der Waals surface area contributed by atoms with Crippen molar-refractivity contribution in [2.24, 2.45) is 0 Å². The Morgan fingerprint density at radius 3 is 2.54 bits per heavy atom. The number of rotatable bonds is 9. The fourth-order valence-electron chi connectivity index (χ4n) is 3.85. The van der Waals surface area contributed by atoms with Crippen LogP contribution in [0.25, 0.3) is 0 Å². The van der Waals surface area contributed by atoms with Crippen LogP contribution in [0.3, 0.4) is 0 Å². The van der Waals surface area contributed by atoms with E-state index >= 15 is 0 Å². The number of piperidine rings is 1. The van der Waals surface area contributed by atoms with Crippen molar-refractivity contribution in [3.8, 4) is 11.6 Å². The van der Waals surface area contributed by atoms with E-state index in [1.54, 1.807) is 24.3 Å². The Kier molecular flexibility index (Phi) is 9.15. The SMILES string of the molecule is O=C(NCCN1CCCCC1)c1cccc(Oc2ncc(Cl)cc2NS(=O)(=O)c2ccc(Cl)c(Cl)c2)c1. The van der Waals surface area contributed by atoms with E-state index in [9.17, 15) is 13.2 Å². The number of aromatic nitrogens is 1. The monoisotopic (exact) mass is 582 g/mol. The van der Waals surface area contributed by atoms with E-state index in [-0.39, 0.29) is 37.4 Å². The fraction of sp³-hybridized carbons (Fsp3) is 0.280. The van der Waals surface area contributed by atoms with Gasteiger partial charge in [-0.3, -0.25) is 9.52 Å². The number of hydrogen-bond donors (Lipinski definition) is 2. The number of nitrogens with zero attached hydrogens (tertiary/aromatic N) is 2. The summed E-state index contributed by atoms with van der Waals surface area (Å²) < 4.78 is 34.2. The number of likely N-dealkylation sites (tertiary alicyclic amines) is 1. The number of carbonyl (C=O) groups is 1. The molecule has 3 aromatic rings. The second-order valence-corrected chi connectivity index (χ2v) is 11.4. The molecule has 0 atom stereocenters. The average molecular weight is 584 g/mol. The molecule has 0 unspecified atom stereocenters. The highest BCUT2D eigenvalue weighted by Gasteiger charge is 2.20. The lowest BCUT2D eigenvalue weighted by molar-refractivity contribution is 0.0946. The number of anilines is 1. The molecular formula is C25H25Cl3N4O4S. The minimum atomic E-state index is -4.07. The molecule has 0 spiro atoms. The number of halogens is 3. The highest BCUT2D eigenvalue weighted by molar-refractivity contribution is 7.92. The van der Waals surface area contributed by atoms with Crippen LogP contribution in [0.15, 0.2) is 59.6 Å². The summed E-state index contributed by atoms with van der Waals surface area (Å²) >= 11 is 17.9. The molecule has 0 bridgehead atoms. The first-order valence-corrected chi connectivity index (χ1v) is 14.2. The molecule has 2 aromatic carbocycles. The van der Waals surface area contributed by atoms with Crippen LogP contribution >= 0.6 is 34.8 Å². The number of sulfonamides is 1. The van der Waals surface area contributed by atoms with E-state index in [0.717, 1.165) is 19.6 Å². The number of ether oxygens (including phenoxy) is 1. The van der Waals surface area contributed by atoms with E-state index < -0.39 is 10.0 Å². The molecule has 1 amide bonds. The van der Waals surface area contributed by atoms with Crippen molar-refractivity contribution in [1.29, 1.82) is 0 Å². The standard InChI is InChI=1S/C25H25Cl3N4O4S/c26-18-14-23(31-37(34,35)20-7-8-21(27)22(28)15-20)25(30-16-18)36-19-6-4-5-17(13-19)24(33)29-9-12-32-10-2-1-3-11-32/h4-8,13-16,31H,1-3,9-12H2,(H,29,33). The summed E-state index contributed by atoms with van der Waals surface area (Å²) in [6, 6.07) is 11.9. The lowest BCUT2D eigenvalue weighted by Crippen LogP contribution is -2.37. The summed E-state index contributed by atoms with van der Waals surface area (Å²) in [5.74, 6) is 0.0243. The maximum absolute atomic E-state index is 12.9. The van der Waals surface area contributed by atoms with Gasteiger partial charge in [0.1, 0.15) is 11.4 Å². The van der Waals surface area contributed by atoms with Crippen molar-refractivity contribution in [1.82, 2.24) is 15.2 Å². The summed E-state index contributed by atoms with van der Waals surface area (Å²) in [7, 11) is -4.07. The number of pyridine rings is 1. The van der Waals surface area contributed by atoms with Gasteiger partial charge in [-0.25, -0.2) is 13.4 Å². The molecular weight excluding hydrogens is 559 g/mol. The third-order valence-electron chi connectivity index (χ3n) is 5.74. The highest BCUT2D eigenvalue weighted by Crippen LogP contribution is 2.32. The zero-order chi connectivity index (χ0) is 26.4. The summed E-state index contributed by atoms with van der Waals surface area (Å²) in [5, 5.41) is 3.45. The van der Waals surface area contributed by atoms with Crippen LogP contribution in [0.1, 0.15) is 29.6 Å². The third kappa shape index (κ3) is 7.49. The fourth-order valence-corrected chi connectivity index (χ4v) is 5.45. The topological polar surface area (TPSA) is 101 Å². The molecule has 8 nitrogen and oxygen atoms in total. The van der Waals surface area contributed by atoms with Crippen molar-refractivity contribution in [2.45, 2.75) is 24.2 Å². The van der Waals surface area contributed by atoms with E-state index in [4.69, 9.17) is 39.5 Å². The first kappa shape index (κ1) is 27.5. The zero-order valence-electron chi connectivity index (χ0n) is 19.7. The maximum atomic E-state index is 12.9. The summed E-state index contributed by atoms with van der Waals surface area (Å²) in [6.45, 7) is 3.47. The van der Waals surface area contributed by atoms with Gasteiger partial charge in [-0.15, -0.1) is 0 Å². The van der Waals surface area contributed by atoms with Gasteiger partial charge in [0.25, 0.3) is 15.9 Å². The predicted octanol–water partition coefficient (Wildman–Crippen LogP) is 5.85. The van der Waals surface area contributed by atoms with Crippen molar-refractivity contribution >= 4 is 56.4 Å². The number of benzene rings is 2. The van der Waals surface area contributed by atoms with Crippen LogP contribution in [0.4, 0.5) is 5.69 Å². The molecule has 1 saturated heterocycles. The first-order valence-electron chi connectivity index (χ1n) is 11.6. The van der Waals surface area contributed by atoms with Crippen LogP contribution < -0.4 is 14.8 Å². The Balaban J connectivity index is 1.46. The molecule has 1 fully saturated rings. The van der Waals surface area contributed by atoms with E-state index in [1.165, 1.54) is 49.7 Å². The van der Waals surface area contributed by atoms with Gasteiger partial charge < -0.3 is 15.0 Å². The number of amides is 1. The van der Waals surface area contributed by atoms with Gasteiger partial charge in [-0.05, 0) is 68.4 Å². The number of nitrogens with one attached hydrogen (secondary N) is 2. The van der Waals surface area contributed by atoms with Crippen LogP contribution in [0, 0.1) is 0 Å².